The molecule has 3 aromatic heterocycles. The zero-order valence-corrected chi connectivity index (χ0v) is 17.9. The van der Waals surface area contributed by atoms with Crippen molar-refractivity contribution in [3.63, 3.8) is 0 Å². The topological polar surface area (TPSA) is 32.0 Å². The van der Waals surface area contributed by atoms with E-state index >= 15 is 0 Å². The fraction of sp³-hybridized carbons (Fsp3) is 0.375. The Bertz CT molecular complexity index is 1120. The molecular weight excluding hydrogens is 378 g/mol. The Morgan fingerprint density at radius 2 is 2.00 bits per heavy atom. The Labute approximate surface area is 175 Å². The first-order valence-electron chi connectivity index (χ1n) is 10.5. The SMILES string of the molecule is COc1ccc(CCCn2cc(C3CCC3)nc2-c2cc3sccc3n2C)cc1. The molecule has 0 saturated heterocycles. The monoisotopic (exact) mass is 405 g/mol. The minimum atomic E-state index is 0.651. The first-order valence-corrected chi connectivity index (χ1v) is 11.3. The fourth-order valence-corrected chi connectivity index (χ4v) is 5.07. The summed E-state index contributed by atoms with van der Waals surface area (Å²) in [5, 5.41) is 2.16. The first-order chi connectivity index (χ1) is 14.2. The van der Waals surface area contributed by atoms with E-state index < -0.39 is 0 Å². The molecule has 0 spiro atoms. The van der Waals surface area contributed by atoms with E-state index in [1.54, 1.807) is 18.4 Å². The van der Waals surface area contributed by atoms with Gasteiger partial charge in [0.15, 0.2) is 5.82 Å². The molecule has 1 aliphatic rings. The molecule has 0 radical (unpaired) electrons. The summed E-state index contributed by atoms with van der Waals surface area (Å²) >= 11 is 1.80. The van der Waals surface area contributed by atoms with E-state index in [9.17, 15) is 0 Å². The highest BCUT2D eigenvalue weighted by Gasteiger charge is 2.24. The lowest BCUT2D eigenvalue weighted by molar-refractivity contribution is 0.412. The van der Waals surface area contributed by atoms with Gasteiger partial charge in [-0.2, -0.15) is 0 Å². The second-order valence-electron chi connectivity index (χ2n) is 8.02. The molecule has 3 heterocycles. The van der Waals surface area contributed by atoms with Gasteiger partial charge in [-0.3, -0.25) is 0 Å². The summed E-state index contributed by atoms with van der Waals surface area (Å²) in [7, 11) is 3.87. The Hall–Kier alpha value is -2.53. The predicted molar refractivity (Wildman–Crippen MR) is 120 cm³/mol. The van der Waals surface area contributed by atoms with Crippen LogP contribution in [0.25, 0.3) is 21.7 Å². The number of hydrogen-bond acceptors (Lipinski definition) is 3. The summed E-state index contributed by atoms with van der Waals surface area (Å²) in [6, 6.07) is 12.9. The summed E-state index contributed by atoms with van der Waals surface area (Å²) in [5.41, 5.74) is 5.15. The lowest BCUT2D eigenvalue weighted by Crippen LogP contribution is -2.08. The van der Waals surface area contributed by atoms with Crippen LogP contribution in [0.2, 0.25) is 0 Å². The van der Waals surface area contributed by atoms with Gasteiger partial charge in [-0.15, -0.1) is 11.3 Å². The van der Waals surface area contributed by atoms with Crippen molar-refractivity contribution >= 4 is 21.6 Å². The lowest BCUT2D eigenvalue weighted by atomic mass is 9.83. The molecule has 5 rings (SSSR count). The summed E-state index contributed by atoms with van der Waals surface area (Å²) in [4.78, 5) is 5.12. The van der Waals surface area contributed by atoms with Crippen LogP contribution in [0.4, 0.5) is 0 Å². The van der Waals surface area contributed by atoms with Crippen LogP contribution in [0.1, 0.15) is 42.9 Å². The van der Waals surface area contributed by atoms with Crippen LogP contribution in [0.15, 0.2) is 48.0 Å². The van der Waals surface area contributed by atoms with E-state index in [1.165, 1.54) is 46.4 Å². The number of imidazole rings is 1. The number of fused-ring (bicyclic) bond motifs is 1. The van der Waals surface area contributed by atoms with Gasteiger partial charge in [0.2, 0.25) is 0 Å². The smallest absolute Gasteiger partial charge is 0.157 e. The molecule has 1 fully saturated rings. The van der Waals surface area contributed by atoms with Crippen LogP contribution in [-0.2, 0) is 20.0 Å². The van der Waals surface area contributed by atoms with E-state index in [2.05, 4.69) is 52.0 Å². The second-order valence-corrected chi connectivity index (χ2v) is 8.97. The van der Waals surface area contributed by atoms with Crippen LogP contribution in [0.5, 0.6) is 5.75 Å². The molecule has 4 aromatic rings. The Morgan fingerprint density at radius 3 is 2.69 bits per heavy atom. The standard InChI is InChI=1S/C24H27N3OS/c1-26-21-12-14-29-23(21)15-22(26)24-25-20(18-6-3-7-18)16-27(24)13-4-5-17-8-10-19(28-2)11-9-17/h8-12,14-16,18H,3-7,13H2,1-2H3. The maximum Gasteiger partial charge on any atom is 0.157 e. The maximum absolute atomic E-state index is 5.26. The molecular formula is C24H27N3OS. The number of thiophene rings is 1. The Kier molecular flexibility index (Phi) is 4.92. The van der Waals surface area contributed by atoms with Crippen LogP contribution in [0.3, 0.4) is 0 Å². The van der Waals surface area contributed by atoms with E-state index in [0.717, 1.165) is 31.0 Å². The van der Waals surface area contributed by atoms with Gasteiger partial charge in [0.1, 0.15) is 5.75 Å². The van der Waals surface area contributed by atoms with Crippen molar-refractivity contribution in [2.24, 2.45) is 7.05 Å². The molecule has 1 aromatic carbocycles. The number of aryl methyl sites for hydroxylation is 3. The van der Waals surface area contributed by atoms with Crippen molar-refractivity contribution in [3.8, 4) is 17.3 Å². The molecule has 1 aliphatic carbocycles. The highest BCUT2D eigenvalue weighted by atomic mass is 32.1. The lowest BCUT2D eigenvalue weighted by Gasteiger charge is -2.22. The first kappa shape index (κ1) is 18.5. The minimum absolute atomic E-state index is 0.651. The molecule has 0 aliphatic heterocycles. The number of aromatic nitrogens is 3. The molecule has 150 valence electrons. The highest BCUT2D eigenvalue weighted by Crippen LogP contribution is 2.38. The number of rotatable bonds is 7. The summed E-state index contributed by atoms with van der Waals surface area (Å²) in [6.45, 7) is 0.986. The van der Waals surface area contributed by atoms with Gasteiger partial charge in [0.25, 0.3) is 0 Å². The third-order valence-corrected chi connectivity index (χ3v) is 7.09. The van der Waals surface area contributed by atoms with Gasteiger partial charge in [0, 0.05) is 25.7 Å². The average molecular weight is 406 g/mol. The van der Waals surface area contributed by atoms with Crippen LogP contribution >= 0.6 is 11.3 Å². The Balaban J connectivity index is 1.39. The number of ether oxygens (including phenoxy) is 1. The number of methoxy groups -OCH3 is 1. The van der Waals surface area contributed by atoms with Crippen LogP contribution < -0.4 is 4.74 Å². The van der Waals surface area contributed by atoms with E-state index in [1.807, 2.05) is 12.1 Å². The number of benzene rings is 1. The van der Waals surface area contributed by atoms with E-state index in [-0.39, 0.29) is 0 Å². The van der Waals surface area contributed by atoms with Crippen LogP contribution in [-0.4, -0.2) is 21.2 Å². The average Bonchev–Trinajstić information content (AvgIpc) is 3.38. The third-order valence-electron chi connectivity index (χ3n) is 6.24. The normalized spacial score (nSPS) is 14.4. The molecule has 0 N–H and O–H groups in total. The largest absolute Gasteiger partial charge is 0.497 e. The van der Waals surface area contributed by atoms with Crippen molar-refractivity contribution in [2.45, 2.75) is 44.6 Å². The summed E-state index contributed by atoms with van der Waals surface area (Å²) in [5.74, 6) is 2.69. The van der Waals surface area contributed by atoms with Gasteiger partial charge in [-0.05, 0) is 60.9 Å². The molecule has 0 atom stereocenters. The quantitative estimate of drug-likeness (QED) is 0.377. The second kappa shape index (κ2) is 7.71. The van der Waals surface area contributed by atoms with Crippen molar-refractivity contribution in [1.29, 1.82) is 0 Å². The van der Waals surface area contributed by atoms with E-state index in [0.29, 0.717) is 5.92 Å². The van der Waals surface area contributed by atoms with Gasteiger partial charge >= 0.3 is 0 Å². The summed E-state index contributed by atoms with van der Waals surface area (Å²) < 4.78 is 11.3. The highest BCUT2D eigenvalue weighted by molar-refractivity contribution is 7.17. The number of nitrogens with zero attached hydrogens (tertiary/aromatic N) is 3. The molecule has 4 nitrogen and oxygen atoms in total. The van der Waals surface area contributed by atoms with Crippen molar-refractivity contribution in [1.82, 2.24) is 14.1 Å². The fourth-order valence-electron chi connectivity index (χ4n) is 4.22. The third kappa shape index (κ3) is 3.48. The van der Waals surface area contributed by atoms with E-state index in [4.69, 9.17) is 9.72 Å². The van der Waals surface area contributed by atoms with Crippen molar-refractivity contribution in [3.05, 3.63) is 59.2 Å². The Morgan fingerprint density at radius 1 is 1.17 bits per heavy atom. The van der Waals surface area contributed by atoms with Gasteiger partial charge < -0.3 is 13.9 Å². The molecule has 29 heavy (non-hydrogen) atoms. The molecule has 5 heteroatoms. The zero-order chi connectivity index (χ0) is 19.8. The zero-order valence-electron chi connectivity index (χ0n) is 17.1. The molecule has 0 unspecified atom stereocenters. The molecule has 0 amide bonds. The summed E-state index contributed by atoms with van der Waals surface area (Å²) in [6.07, 6.45) is 8.37. The van der Waals surface area contributed by atoms with Crippen molar-refractivity contribution < 1.29 is 4.74 Å². The molecule has 1 saturated carbocycles. The van der Waals surface area contributed by atoms with Gasteiger partial charge in [0.05, 0.1) is 28.7 Å². The van der Waals surface area contributed by atoms with Crippen LogP contribution in [0, 0.1) is 0 Å². The minimum Gasteiger partial charge on any atom is -0.497 e. The maximum atomic E-state index is 5.26. The van der Waals surface area contributed by atoms with Crippen molar-refractivity contribution in [2.75, 3.05) is 7.11 Å². The van der Waals surface area contributed by atoms with Gasteiger partial charge in [-0.25, -0.2) is 4.98 Å². The predicted octanol–water partition coefficient (Wildman–Crippen LogP) is 6.01. The van der Waals surface area contributed by atoms with Gasteiger partial charge in [-0.1, -0.05) is 18.6 Å². The molecule has 0 bridgehead atoms. The number of hydrogen-bond donors (Lipinski definition) is 0.